The van der Waals surface area contributed by atoms with Crippen molar-refractivity contribution in [3.63, 3.8) is 0 Å². The summed E-state index contributed by atoms with van der Waals surface area (Å²) in [6.07, 6.45) is 1.67. The lowest BCUT2D eigenvalue weighted by molar-refractivity contribution is 0.546. The van der Waals surface area contributed by atoms with Gasteiger partial charge in [-0.15, -0.1) is 11.3 Å². The highest BCUT2D eigenvalue weighted by molar-refractivity contribution is 7.18. The minimum absolute atomic E-state index is 0.00977. The normalized spacial score (nSPS) is 11.3. The molecule has 0 aliphatic rings. The molecule has 3 aromatic rings. The summed E-state index contributed by atoms with van der Waals surface area (Å²) in [6, 6.07) is 3.84. The third-order valence-electron chi connectivity index (χ3n) is 3.95. The highest BCUT2D eigenvalue weighted by Crippen LogP contribution is 2.29. The van der Waals surface area contributed by atoms with Crippen molar-refractivity contribution < 1.29 is 8.78 Å². The van der Waals surface area contributed by atoms with Crippen molar-refractivity contribution in [2.45, 2.75) is 27.3 Å². The van der Waals surface area contributed by atoms with E-state index in [0.717, 1.165) is 15.3 Å². The second kappa shape index (κ2) is 5.32. The van der Waals surface area contributed by atoms with E-state index in [2.05, 4.69) is 0 Å². The van der Waals surface area contributed by atoms with Crippen LogP contribution in [0.3, 0.4) is 0 Å². The Labute approximate surface area is 130 Å². The molecule has 0 aliphatic carbocycles. The Hall–Kier alpha value is -2.01. The lowest BCUT2D eigenvalue weighted by Crippen LogP contribution is -2.13. The standard InChI is InChI=1S/C17H15F2NOS/c1-9-7-20(8-12-13(18)5-4-6-14(12)19)17-15(16(9)21)10(2)11(3)22-17/h4-7H,8H2,1-3H3. The molecule has 5 heteroatoms. The van der Waals surface area contributed by atoms with Crippen LogP contribution in [0.1, 0.15) is 21.6 Å². The molecule has 0 spiro atoms. The molecule has 0 fully saturated rings. The van der Waals surface area contributed by atoms with Gasteiger partial charge in [0.15, 0.2) is 5.43 Å². The van der Waals surface area contributed by atoms with Gasteiger partial charge >= 0.3 is 0 Å². The zero-order valence-corrected chi connectivity index (χ0v) is 13.4. The first-order valence-corrected chi connectivity index (χ1v) is 7.74. The second-order valence-electron chi connectivity index (χ2n) is 5.43. The van der Waals surface area contributed by atoms with Crippen LogP contribution in [0.2, 0.25) is 0 Å². The topological polar surface area (TPSA) is 22.0 Å². The van der Waals surface area contributed by atoms with Crippen LogP contribution in [0.25, 0.3) is 10.2 Å². The molecule has 3 rings (SSSR count). The number of thiophene rings is 1. The highest BCUT2D eigenvalue weighted by atomic mass is 32.1. The molecule has 0 atom stereocenters. The van der Waals surface area contributed by atoms with Crippen molar-refractivity contribution >= 4 is 21.6 Å². The van der Waals surface area contributed by atoms with Gasteiger partial charge in [-0.05, 0) is 38.5 Å². The second-order valence-corrected chi connectivity index (χ2v) is 6.64. The van der Waals surface area contributed by atoms with Crippen LogP contribution in [0, 0.1) is 32.4 Å². The van der Waals surface area contributed by atoms with Crippen LogP contribution >= 0.6 is 11.3 Å². The zero-order chi connectivity index (χ0) is 16.0. The van der Waals surface area contributed by atoms with E-state index in [1.807, 2.05) is 13.8 Å². The van der Waals surface area contributed by atoms with E-state index in [4.69, 9.17) is 0 Å². The molecular weight excluding hydrogens is 304 g/mol. The summed E-state index contributed by atoms with van der Waals surface area (Å²) in [4.78, 5) is 14.1. The number of pyridine rings is 1. The van der Waals surface area contributed by atoms with Gasteiger partial charge in [0.1, 0.15) is 16.5 Å². The third-order valence-corrected chi connectivity index (χ3v) is 5.20. The van der Waals surface area contributed by atoms with Gasteiger partial charge in [-0.3, -0.25) is 4.79 Å². The minimum Gasteiger partial charge on any atom is -0.334 e. The molecule has 0 bridgehead atoms. The van der Waals surface area contributed by atoms with Crippen LogP contribution in [0.4, 0.5) is 8.78 Å². The van der Waals surface area contributed by atoms with E-state index in [1.165, 1.54) is 29.5 Å². The monoisotopic (exact) mass is 319 g/mol. The first kappa shape index (κ1) is 14.9. The van der Waals surface area contributed by atoms with E-state index < -0.39 is 11.6 Å². The number of nitrogens with zero attached hydrogens (tertiary/aromatic N) is 1. The van der Waals surface area contributed by atoms with E-state index in [9.17, 15) is 13.6 Å². The van der Waals surface area contributed by atoms with Crippen LogP contribution in [-0.2, 0) is 6.54 Å². The Morgan fingerprint density at radius 3 is 2.41 bits per heavy atom. The molecule has 0 saturated heterocycles. The van der Waals surface area contributed by atoms with Gasteiger partial charge in [0.2, 0.25) is 0 Å². The summed E-state index contributed by atoms with van der Waals surface area (Å²) in [5.41, 5.74) is 1.51. The van der Waals surface area contributed by atoms with E-state index in [-0.39, 0.29) is 17.5 Å². The molecule has 0 amide bonds. The van der Waals surface area contributed by atoms with Crippen molar-refractivity contribution in [3.05, 3.63) is 67.8 Å². The summed E-state index contributed by atoms with van der Waals surface area (Å²) >= 11 is 1.48. The molecule has 22 heavy (non-hydrogen) atoms. The fourth-order valence-corrected chi connectivity index (χ4v) is 3.73. The number of benzene rings is 1. The number of rotatable bonds is 2. The highest BCUT2D eigenvalue weighted by Gasteiger charge is 2.16. The number of aryl methyl sites for hydroxylation is 3. The SMILES string of the molecule is Cc1sc2c(c1C)c(=O)c(C)cn2Cc1c(F)cccc1F. The van der Waals surface area contributed by atoms with Gasteiger partial charge < -0.3 is 4.57 Å². The maximum atomic E-state index is 13.9. The van der Waals surface area contributed by atoms with Gasteiger partial charge in [0, 0.05) is 22.2 Å². The Balaban J connectivity index is 2.26. The van der Waals surface area contributed by atoms with Crippen molar-refractivity contribution in [3.8, 4) is 0 Å². The molecule has 0 saturated carbocycles. The molecule has 2 aromatic heterocycles. The molecule has 0 radical (unpaired) electrons. The van der Waals surface area contributed by atoms with Crippen molar-refractivity contribution in [2.24, 2.45) is 0 Å². The van der Waals surface area contributed by atoms with Crippen LogP contribution in [-0.4, -0.2) is 4.57 Å². The summed E-state index contributed by atoms with van der Waals surface area (Å²) in [5, 5.41) is 0.652. The van der Waals surface area contributed by atoms with Crippen LogP contribution < -0.4 is 5.43 Å². The predicted octanol–water partition coefficient (Wildman–Crippen LogP) is 4.31. The number of hydrogen-bond acceptors (Lipinski definition) is 2. The lowest BCUT2D eigenvalue weighted by Gasteiger charge is -2.11. The Morgan fingerprint density at radius 1 is 1.14 bits per heavy atom. The van der Waals surface area contributed by atoms with E-state index in [1.54, 1.807) is 17.7 Å². The molecular formula is C17H15F2NOS. The minimum atomic E-state index is -0.575. The summed E-state index contributed by atoms with van der Waals surface area (Å²) < 4.78 is 29.5. The quantitative estimate of drug-likeness (QED) is 0.690. The zero-order valence-electron chi connectivity index (χ0n) is 12.5. The molecule has 0 unspecified atom stereocenters. The molecule has 0 N–H and O–H groups in total. The van der Waals surface area contributed by atoms with Crippen LogP contribution in [0.5, 0.6) is 0 Å². The largest absolute Gasteiger partial charge is 0.334 e. The first-order valence-electron chi connectivity index (χ1n) is 6.92. The molecule has 2 heterocycles. The predicted molar refractivity (Wildman–Crippen MR) is 85.8 cm³/mol. The summed E-state index contributed by atoms with van der Waals surface area (Å²) in [5.74, 6) is -1.15. The Morgan fingerprint density at radius 2 is 1.77 bits per heavy atom. The number of hydrogen-bond donors (Lipinski definition) is 0. The Kier molecular flexibility index (Phi) is 3.60. The van der Waals surface area contributed by atoms with Crippen molar-refractivity contribution in [1.29, 1.82) is 0 Å². The molecule has 114 valence electrons. The molecule has 0 aliphatic heterocycles. The Bertz CT molecular complexity index is 920. The first-order chi connectivity index (χ1) is 10.4. The van der Waals surface area contributed by atoms with Crippen molar-refractivity contribution in [2.75, 3.05) is 0 Å². The van der Waals surface area contributed by atoms with Gasteiger partial charge in [0.25, 0.3) is 0 Å². The maximum Gasteiger partial charge on any atom is 0.193 e. The van der Waals surface area contributed by atoms with Crippen LogP contribution in [0.15, 0.2) is 29.2 Å². The smallest absolute Gasteiger partial charge is 0.193 e. The molecule has 1 aromatic carbocycles. The van der Waals surface area contributed by atoms with Gasteiger partial charge in [-0.1, -0.05) is 6.07 Å². The summed E-state index contributed by atoms with van der Waals surface area (Å²) in [6.45, 7) is 5.64. The average molecular weight is 319 g/mol. The maximum absolute atomic E-state index is 13.9. The fraction of sp³-hybridized carbons (Fsp3) is 0.235. The van der Waals surface area contributed by atoms with E-state index in [0.29, 0.717) is 10.9 Å². The third kappa shape index (κ3) is 2.25. The number of halogens is 2. The fourth-order valence-electron chi connectivity index (χ4n) is 2.60. The lowest BCUT2D eigenvalue weighted by atomic mass is 10.1. The van der Waals surface area contributed by atoms with Crippen molar-refractivity contribution in [1.82, 2.24) is 4.57 Å². The summed E-state index contributed by atoms with van der Waals surface area (Å²) in [7, 11) is 0. The number of fused-ring (bicyclic) bond motifs is 1. The number of aromatic nitrogens is 1. The van der Waals surface area contributed by atoms with Gasteiger partial charge in [-0.25, -0.2) is 8.78 Å². The molecule has 2 nitrogen and oxygen atoms in total. The van der Waals surface area contributed by atoms with Gasteiger partial charge in [0.05, 0.1) is 11.9 Å². The average Bonchev–Trinajstić information content (AvgIpc) is 2.76. The van der Waals surface area contributed by atoms with E-state index >= 15 is 0 Å². The van der Waals surface area contributed by atoms with Gasteiger partial charge in [-0.2, -0.15) is 0 Å².